The third kappa shape index (κ3) is 3.83. The topological polar surface area (TPSA) is 38.5 Å². The highest BCUT2D eigenvalue weighted by atomic mass is 32.1. The molecule has 0 heterocycles. The van der Waals surface area contributed by atoms with Crippen molar-refractivity contribution >= 4 is 22.9 Å². The minimum Gasteiger partial charge on any atom is -0.389 e. The van der Waals surface area contributed by atoms with E-state index in [0.29, 0.717) is 12.3 Å². The second-order valence-electron chi connectivity index (χ2n) is 4.51. The van der Waals surface area contributed by atoms with Gasteiger partial charge in [-0.2, -0.15) is 13.2 Å². The molecule has 1 rings (SSSR count). The van der Waals surface area contributed by atoms with Crippen LogP contribution in [0.4, 0.5) is 18.9 Å². The number of likely N-dealkylation sites (N-methyl/N-ethyl adjacent to an activating group) is 1. The number of benzene rings is 1. The highest BCUT2D eigenvalue weighted by Gasteiger charge is 2.34. The van der Waals surface area contributed by atoms with Gasteiger partial charge in [-0.15, -0.1) is 0 Å². The van der Waals surface area contributed by atoms with Crippen LogP contribution in [0.25, 0.3) is 0 Å². The van der Waals surface area contributed by atoms with Crippen LogP contribution in [0.15, 0.2) is 18.2 Å². The Hall–Kier alpha value is -1.34. The number of alkyl halides is 3. The molecule has 2 N–H and O–H groups in total. The maximum absolute atomic E-state index is 13.0. The summed E-state index contributed by atoms with van der Waals surface area (Å²) < 4.78 is 44.1. The molecule has 20 heavy (non-hydrogen) atoms. The highest BCUT2D eigenvalue weighted by molar-refractivity contribution is 7.80. The van der Waals surface area contributed by atoms with Gasteiger partial charge in [-0.1, -0.05) is 12.2 Å². The van der Waals surface area contributed by atoms with E-state index in [1.54, 1.807) is 25.1 Å². The Morgan fingerprint density at radius 3 is 2.50 bits per heavy atom. The molecule has 1 unspecified atom stereocenters. The van der Waals surface area contributed by atoms with Crippen molar-refractivity contribution in [3.63, 3.8) is 0 Å². The van der Waals surface area contributed by atoms with Crippen LogP contribution >= 0.6 is 12.2 Å². The number of thiocarbonyl (C=S) groups is 1. The second-order valence-corrected chi connectivity index (χ2v) is 4.95. The number of hydrogen-bond acceptors (Lipinski definition) is 3. The molecule has 0 saturated carbocycles. The van der Waals surface area contributed by atoms with Crippen LogP contribution in [0.5, 0.6) is 0 Å². The lowest BCUT2D eigenvalue weighted by atomic mass is 10.0. The molecule has 0 fully saturated rings. The van der Waals surface area contributed by atoms with Crippen molar-refractivity contribution < 1.29 is 17.9 Å². The summed E-state index contributed by atoms with van der Waals surface area (Å²) in [7, 11) is 3.25. The summed E-state index contributed by atoms with van der Waals surface area (Å²) in [5.41, 5.74) is 4.79. The fourth-order valence-electron chi connectivity index (χ4n) is 1.81. The third-order valence-electron chi connectivity index (χ3n) is 3.05. The number of ether oxygens (including phenoxy) is 1. The van der Waals surface area contributed by atoms with Gasteiger partial charge in [0, 0.05) is 31.5 Å². The first-order valence-corrected chi connectivity index (χ1v) is 6.32. The average molecular weight is 306 g/mol. The maximum Gasteiger partial charge on any atom is 0.417 e. The number of anilines is 1. The van der Waals surface area contributed by atoms with Gasteiger partial charge >= 0.3 is 6.18 Å². The molecule has 0 saturated heterocycles. The lowest BCUT2D eigenvalue weighted by molar-refractivity contribution is -0.137. The number of halogens is 3. The molecule has 0 bridgehead atoms. The fourth-order valence-corrected chi connectivity index (χ4v) is 1.99. The Balaban J connectivity index is 3.23. The van der Waals surface area contributed by atoms with Gasteiger partial charge in [0.1, 0.15) is 4.99 Å². The lowest BCUT2D eigenvalue weighted by Crippen LogP contribution is -2.33. The standard InChI is InChI=1S/C13H17F3N2OS/c1-8(7-19-3)18(2)9-4-5-10(12(17)20)11(6-9)13(14,15)16/h4-6,8H,7H2,1-3H3,(H2,17,20). The van der Waals surface area contributed by atoms with E-state index in [2.05, 4.69) is 12.2 Å². The lowest BCUT2D eigenvalue weighted by Gasteiger charge is -2.27. The first-order chi connectivity index (χ1) is 9.18. The largest absolute Gasteiger partial charge is 0.417 e. The molecule has 0 aromatic heterocycles. The summed E-state index contributed by atoms with van der Waals surface area (Å²) >= 11 is 4.66. The molecular formula is C13H17F3N2OS. The van der Waals surface area contributed by atoms with Gasteiger partial charge in [0.2, 0.25) is 0 Å². The minimum atomic E-state index is -4.50. The quantitative estimate of drug-likeness (QED) is 0.849. The zero-order valence-corrected chi connectivity index (χ0v) is 12.3. The van der Waals surface area contributed by atoms with E-state index in [0.717, 1.165) is 6.07 Å². The van der Waals surface area contributed by atoms with Crippen LogP contribution in [0, 0.1) is 0 Å². The first kappa shape index (κ1) is 16.7. The maximum atomic E-state index is 13.0. The van der Waals surface area contributed by atoms with E-state index in [9.17, 15) is 13.2 Å². The van der Waals surface area contributed by atoms with Crippen molar-refractivity contribution in [2.75, 3.05) is 25.7 Å². The monoisotopic (exact) mass is 306 g/mol. The molecule has 1 aromatic carbocycles. The number of methoxy groups -OCH3 is 1. The summed E-state index contributed by atoms with van der Waals surface area (Å²) in [5.74, 6) is 0. The molecule has 3 nitrogen and oxygen atoms in total. The van der Waals surface area contributed by atoms with Crippen molar-refractivity contribution in [3.05, 3.63) is 29.3 Å². The van der Waals surface area contributed by atoms with Gasteiger partial charge in [0.05, 0.1) is 12.2 Å². The minimum absolute atomic E-state index is 0.0586. The molecule has 7 heteroatoms. The molecule has 0 aliphatic heterocycles. The molecule has 0 amide bonds. The van der Waals surface area contributed by atoms with Crippen LogP contribution in [-0.2, 0) is 10.9 Å². The Labute approximate surface area is 121 Å². The van der Waals surface area contributed by atoms with Crippen LogP contribution in [0.2, 0.25) is 0 Å². The van der Waals surface area contributed by atoms with Gasteiger partial charge < -0.3 is 15.4 Å². The summed E-state index contributed by atoms with van der Waals surface area (Å²) in [6, 6.07) is 3.87. The van der Waals surface area contributed by atoms with Crippen molar-refractivity contribution in [1.82, 2.24) is 0 Å². The van der Waals surface area contributed by atoms with Crippen LogP contribution < -0.4 is 10.6 Å². The molecule has 0 aliphatic carbocycles. The molecule has 0 radical (unpaired) electrons. The normalized spacial score (nSPS) is 13.1. The van der Waals surface area contributed by atoms with E-state index in [1.807, 2.05) is 6.92 Å². The van der Waals surface area contributed by atoms with E-state index in [1.165, 1.54) is 6.07 Å². The van der Waals surface area contributed by atoms with E-state index >= 15 is 0 Å². The van der Waals surface area contributed by atoms with Crippen molar-refractivity contribution in [3.8, 4) is 0 Å². The smallest absolute Gasteiger partial charge is 0.389 e. The zero-order valence-electron chi connectivity index (χ0n) is 11.5. The third-order valence-corrected chi connectivity index (χ3v) is 3.27. The summed E-state index contributed by atoms with van der Waals surface area (Å²) in [4.78, 5) is 1.44. The Morgan fingerprint density at radius 1 is 1.45 bits per heavy atom. The van der Waals surface area contributed by atoms with E-state index in [-0.39, 0.29) is 16.6 Å². The van der Waals surface area contributed by atoms with Gasteiger partial charge in [-0.3, -0.25) is 0 Å². The molecule has 0 aliphatic rings. The van der Waals surface area contributed by atoms with Crippen molar-refractivity contribution in [2.45, 2.75) is 19.1 Å². The number of nitrogens with two attached hydrogens (primary N) is 1. The van der Waals surface area contributed by atoms with Crippen molar-refractivity contribution in [1.29, 1.82) is 0 Å². The van der Waals surface area contributed by atoms with Gasteiger partial charge in [-0.05, 0) is 25.1 Å². The first-order valence-electron chi connectivity index (χ1n) is 5.91. The Morgan fingerprint density at radius 2 is 2.05 bits per heavy atom. The predicted molar refractivity (Wildman–Crippen MR) is 77.1 cm³/mol. The van der Waals surface area contributed by atoms with Crippen LogP contribution in [0.3, 0.4) is 0 Å². The average Bonchev–Trinajstić information content (AvgIpc) is 2.36. The van der Waals surface area contributed by atoms with Gasteiger partial charge in [0.25, 0.3) is 0 Å². The summed E-state index contributed by atoms with van der Waals surface area (Å²) in [5, 5.41) is 0. The highest BCUT2D eigenvalue weighted by Crippen LogP contribution is 2.34. The number of rotatable bonds is 5. The van der Waals surface area contributed by atoms with Gasteiger partial charge in [-0.25, -0.2) is 0 Å². The zero-order chi connectivity index (χ0) is 15.5. The van der Waals surface area contributed by atoms with Crippen LogP contribution in [0.1, 0.15) is 18.1 Å². The molecule has 0 spiro atoms. The van der Waals surface area contributed by atoms with Gasteiger partial charge in [0.15, 0.2) is 0 Å². The molecule has 1 atom stereocenters. The number of nitrogens with zero attached hydrogens (tertiary/aromatic N) is 1. The molecular weight excluding hydrogens is 289 g/mol. The fraction of sp³-hybridized carbons (Fsp3) is 0.462. The Kier molecular flexibility index (Phi) is 5.35. The van der Waals surface area contributed by atoms with E-state index in [4.69, 9.17) is 10.5 Å². The second kappa shape index (κ2) is 6.41. The number of hydrogen-bond donors (Lipinski definition) is 1. The Bertz CT molecular complexity index is 491. The molecule has 112 valence electrons. The van der Waals surface area contributed by atoms with Crippen LogP contribution in [-0.4, -0.2) is 31.8 Å². The van der Waals surface area contributed by atoms with Crippen molar-refractivity contribution in [2.24, 2.45) is 5.73 Å². The SMILES string of the molecule is COCC(C)N(C)c1ccc(C(N)=S)c(C(F)(F)F)c1. The predicted octanol–water partition coefficient (Wildman–Crippen LogP) is 2.81. The summed E-state index contributed by atoms with van der Waals surface area (Å²) in [6.07, 6.45) is -4.50. The summed E-state index contributed by atoms with van der Waals surface area (Å²) in [6.45, 7) is 2.27. The molecule has 1 aromatic rings. The van der Waals surface area contributed by atoms with E-state index < -0.39 is 11.7 Å².